The molecule has 1 aliphatic heterocycles. The van der Waals surface area contributed by atoms with Crippen molar-refractivity contribution in [2.75, 3.05) is 42.9 Å². The Balaban J connectivity index is 1.50. The number of carbonyl (C=O) groups excluding carboxylic acids is 1. The Hall–Kier alpha value is -3.12. The van der Waals surface area contributed by atoms with Crippen LogP contribution >= 0.6 is 0 Å². The van der Waals surface area contributed by atoms with Crippen molar-refractivity contribution in [1.82, 2.24) is 9.88 Å². The fourth-order valence-corrected chi connectivity index (χ4v) is 2.95. The van der Waals surface area contributed by atoms with Crippen molar-refractivity contribution < 1.29 is 18.0 Å². The molecule has 1 aromatic heterocycles. The Morgan fingerprint density at radius 3 is 2.54 bits per heavy atom. The Labute approximate surface area is 160 Å². The molecule has 0 bridgehead atoms. The van der Waals surface area contributed by atoms with Crippen LogP contribution in [0.4, 0.5) is 24.7 Å². The standard InChI is InChI=1S/C19H18F3N5O/c20-19(21,22)15-4-5-17(24-12-15)27-8-6-26(7-9-27)13-18(28)25-16-3-1-2-14(10-16)11-23/h1-5,10,12H,6-9,13H2,(H,25,28). The summed E-state index contributed by atoms with van der Waals surface area (Å²) in [6.45, 7) is 2.51. The number of nitrogens with zero attached hydrogens (tertiary/aromatic N) is 4. The van der Waals surface area contributed by atoms with E-state index in [0.29, 0.717) is 43.2 Å². The lowest BCUT2D eigenvalue weighted by molar-refractivity contribution is -0.137. The molecular formula is C19H18F3N5O. The molecule has 1 aliphatic rings. The zero-order chi connectivity index (χ0) is 20.1. The minimum absolute atomic E-state index is 0.184. The number of alkyl halides is 3. The summed E-state index contributed by atoms with van der Waals surface area (Å²) in [5.41, 5.74) is 0.263. The number of carbonyl (C=O) groups is 1. The number of anilines is 2. The second kappa shape index (κ2) is 8.27. The maximum absolute atomic E-state index is 12.6. The molecule has 2 heterocycles. The summed E-state index contributed by atoms with van der Waals surface area (Å²) >= 11 is 0. The van der Waals surface area contributed by atoms with Crippen molar-refractivity contribution in [1.29, 1.82) is 5.26 Å². The van der Waals surface area contributed by atoms with Gasteiger partial charge >= 0.3 is 6.18 Å². The van der Waals surface area contributed by atoms with Crippen LogP contribution in [-0.4, -0.2) is 48.5 Å². The number of hydrogen-bond donors (Lipinski definition) is 1. The first-order valence-corrected chi connectivity index (χ1v) is 8.66. The van der Waals surface area contributed by atoms with Crippen LogP contribution < -0.4 is 10.2 Å². The van der Waals surface area contributed by atoms with Gasteiger partial charge in [-0.1, -0.05) is 6.07 Å². The lowest BCUT2D eigenvalue weighted by Crippen LogP contribution is -2.48. The van der Waals surface area contributed by atoms with E-state index in [1.807, 2.05) is 15.9 Å². The molecule has 0 saturated carbocycles. The molecule has 0 unspecified atom stereocenters. The summed E-state index contributed by atoms with van der Waals surface area (Å²) in [6.07, 6.45) is -3.56. The molecule has 0 radical (unpaired) electrons. The van der Waals surface area contributed by atoms with E-state index in [1.165, 1.54) is 6.07 Å². The topological polar surface area (TPSA) is 72.3 Å². The van der Waals surface area contributed by atoms with Crippen LogP contribution in [0.25, 0.3) is 0 Å². The number of nitriles is 1. The van der Waals surface area contributed by atoms with Gasteiger partial charge in [-0.05, 0) is 30.3 Å². The average Bonchev–Trinajstić information content (AvgIpc) is 2.68. The molecule has 1 N–H and O–H groups in total. The molecular weight excluding hydrogens is 371 g/mol. The smallest absolute Gasteiger partial charge is 0.354 e. The van der Waals surface area contributed by atoms with Crippen molar-refractivity contribution in [3.05, 3.63) is 53.7 Å². The van der Waals surface area contributed by atoms with E-state index >= 15 is 0 Å². The number of aromatic nitrogens is 1. The molecule has 1 saturated heterocycles. The van der Waals surface area contributed by atoms with E-state index in [9.17, 15) is 18.0 Å². The highest BCUT2D eigenvalue weighted by Gasteiger charge is 2.31. The van der Waals surface area contributed by atoms with Crippen molar-refractivity contribution in [2.45, 2.75) is 6.18 Å². The highest BCUT2D eigenvalue weighted by molar-refractivity contribution is 5.92. The number of pyridine rings is 1. The largest absolute Gasteiger partial charge is 0.417 e. The number of amides is 1. The van der Waals surface area contributed by atoms with Gasteiger partial charge < -0.3 is 10.2 Å². The molecule has 0 atom stereocenters. The third-order valence-corrected chi connectivity index (χ3v) is 4.41. The summed E-state index contributed by atoms with van der Waals surface area (Å²) in [4.78, 5) is 20.0. The predicted molar refractivity (Wildman–Crippen MR) is 97.7 cm³/mol. The van der Waals surface area contributed by atoms with E-state index in [-0.39, 0.29) is 12.5 Å². The Morgan fingerprint density at radius 2 is 1.93 bits per heavy atom. The van der Waals surface area contributed by atoms with Crippen LogP contribution in [0.1, 0.15) is 11.1 Å². The van der Waals surface area contributed by atoms with Gasteiger partial charge in [-0.2, -0.15) is 18.4 Å². The minimum atomic E-state index is -4.40. The number of nitrogens with one attached hydrogen (secondary N) is 1. The molecule has 6 nitrogen and oxygen atoms in total. The fraction of sp³-hybridized carbons (Fsp3) is 0.316. The number of halogens is 3. The molecule has 0 spiro atoms. The molecule has 0 aliphatic carbocycles. The quantitative estimate of drug-likeness (QED) is 0.871. The van der Waals surface area contributed by atoms with Gasteiger partial charge in [0.25, 0.3) is 0 Å². The number of piperazine rings is 1. The Bertz CT molecular complexity index is 868. The van der Waals surface area contributed by atoms with Crippen molar-refractivity contribution in [2.24, 2.45) is 0 Å². The van der Waals surface area contributed by atoms with Crippen LogP contribution in [0.2, 0.25) is 0 Å². The van der Waals surface area contributed by atoms with Crippen molar-refractivity contribution in [3.63, 3.8) is 0 Å². The van der Waals surface area contributed by atoms with Crippen LogP contribution in [0, 0.1) is 11.3 Å². The number of hydrogen-bond acceptors (Lipinski definition) is 5. The highest BCUT2D eigenvalue weighted by atomic mass is 19.4. The first-order chi connectivity index (χ1) is 13.3. The van der Waals surface area contributed by atoms with Gasteiger partial charge in [0.2, 0.25) is 5.91 Å². The van der Waals surface area contributed by atoms with E-state index < -0.39 is 11.7 Å². The van der Waals surface area contributed by atoms with Crippen LogP contribution in [0.15, 0.2) is 42.6 Å². The van der Waals surface area contributed by atoms with Crippen LogP contribution in [-0.2, 0) is 11.0 Å². The van der Waals surface area contributed by atoms with Gasteiger partial charge in [-0.25, -0.2) is 4.98 Å². The second-order valence-corrected chi connectivity index (χ2v) is 6.41. The third kappa shape index (κ3) is 4.98. The zero-order valence-corrected chi connectivity index (χ0v) is 14.9. The van der Waals surface area contributed by atoms with Gasteiger partial charge in [-0.15, -0.1) is 0 Å². The van der Waals surface area contributed by atoms with Crippen LogP contribution in [0.3, 0.4) is 0 Å². The van der Waals surface area contributed by atoms with Gasteiger partial charge in [0.05, 0.1) is 23.7 Å². The number of rotatable bonds is 4. The average molecular weight is 389 g/mol. The van der Waals surface area contributed by atoms with Gasteiger partial charge in [0.1, 0.15) is 5.82 Å². The molecule has 9 heteroatoms. The second-order valence-electron chi connectivity index (χ2n) is 6.41. The Kier molecular flexibility index (Phi) is 5.80. The lowest BCUT2D eigenvalue weighted by Gasteiger charge is -2.35. The first-order valence-electron chi connectivity index (χ1n) is 8.66. The normalized spacial score (nSPS) is 15.1. The third-order valence-electron chi connectivity index (χ3n) is 4.41. The summed E-state index contributed by atoms with van der Waals surface area (Å²) in [5, 5.41) is 11.7. The van der Waals surface area contributed by atoms with Gasteiger partial charge in [0.15, 0.2) is 0 Å². The maximum Gasteiger partial charge on any atom is 0.417 e. The summed E-state index contributed by atoms with van der Waals surface area (Å²) in [6, 6.07) is 11.1. The van der Waals surface area contributed by atoms with E-state index in [2.05, 4.69) is 10.3 Å². The summed E-state index contributed by atoms with van der Waals surface area (Å²) < 4.78 is 37.9. The van der Waals surface area contributed by atoms with E-state index in [4.69, 9.17) is 5.26 Å². The van der Waals surface area contributed by atoms with Gasteiger partial charge in [0, 0.05) is 38.1 Å². The highest BCUT2D eigenvalue weighted by Crippen LogP contribution is 2.29. The van der Waals surface area contributed by atoms with Crippen LogP contribution in [0.5, 0.6) is 0 Å². The maximum atomic E-state index is 12.6. The fourth-order valence-electron chi connectivity index (χ4n) is 2.95. The molecule has 1 fully saturated rings. The molecule has 3 rings (SSSR count). The van der Waals surface area contributed by atoms with Crippen molar-refractivity contribution >= 4 is 17.4 Å². The predicted octanol–water partition coefficient (Wildman–Crippen LogP) is 2.73. The summed E-state index contributed by atoms with van der Waals surface area (Å²) in [7, 11) is 0. The number of benzene rings is 1. The lowest BCUT2D eigenvalue weighted by atomic mass is 10.2. The SMILES string of the molecule is N#Cc1cccc(NC(=O)CN2CCN(c3ccc(C(F)(F)F)cn3)CC2)c1. The van der Waals surface area contributed by atoms with Crippen molar-refractivity contribution in [3.8, 4) is 6.07 Å². The zero-order valence-electron chi connectivity index (χ0n) is 14.9. The van der Waals surface area contributed by atoms with E-state index in [0.717, 1.165) is 12.3 Å². The summed E-state index contributed by atoms with van der Waals surface area (Å²) in [5.74, 6) is 0.307. The molecule has 1 aromatic carbocycles. The molecule has 2 aromatic rings. The Morgan fingerprint density at radius 1 is 1.18 bits per heavy atom. The molecule has 146 valence electrons. The van der Waals surface area contributed by atoms with E-state index in [1.54, 1.807) is 24.3 Å². The molecule has 1 amide bonds. The first kappa shape index (κ1) is 19.6. The minimum Gasteiger partial charge on any atom is -0.354 e. The monoisotopic (exact) mass is 389 g/mol. The molecule has 28 heavy (non-hydrogen) atoms. The van der Waals surface area contributed by atoms with Gasteiger partial charge in [-0.3, -0.25) is 9.69 Å².